The third-order valence-electron chi connectivity index (χ3n) is 6.81. The predicted octanol–water partition coefficient (Wildman–Crippen LogP) is 4.02. The molecule has 23 heavy (non-hydrogen) atoms. The van der Waals surface area contributed by atoms with Crippen molar-refractivity contribution in [1.29, 1.82) is 0 Å². The standard InChI is InChI=1S/C19H25NO3/c1-12-14-7-9-19(17(21)22-3)8-5-4-6-15(19)18(14,2)10-13-11-20-23-16(12)13/h6,11-12,14H,4-5,7-10H2,1-3H3/t12-,14?,18?,19+/m1/s1. The summed E-state index contributed by atoms with van der Waals surface area (Å²) in [5.74, 6) is 1.87. The van der Waals surface area contributed by atoms with Crippen LogP contribution in [0.15, 0.2) is 22.4 Å². The first kappa shape index (κ1) is 15.0. The lowest BCUT2D eigenvalue weighted by atomic mass is 9.47. The molecule has 1 aromatic rings. The monoisotopic (exact) mass is 315 g/mol. The number of methoxy groups -OCH3 is 1. The highest BCUT2D eigenvalue weighted by Crippen LogP contribution is 2.64. The number of aromatic nitrogens is 1. The molecule has 0 saturated heterocycles. The second kappa shape index (κ2) is 4.96. The fourth-order valence-electron chi connectivity index (χ4n) is 5.83. The Bertz CT molecular complexity index is 676. The van der Waals surface area contributed by atoms with E-state index >= 15 is 0 Å². The van der Waals surface area contributed by atoms with E-state index < -0.39 is 5.41 Å². The summed E-state index contributed by atoms with van der Waals surface area (Å²) in [7, 11) is 1.53. The van der Waals surface area contributed by atoms with Crippen LogP contribution < -0.4 is 0 Å². The quantitative estimate of drug-likeness (QED) is 0.580. The van der Waals surface area contributed by atoms with Crippen LogP contribution in [0.1, 0.15) is 63.2 Å². The normalized spacial score (nSPS) is 38.8. The molecule has 0 amide bonds. The lowest BCUT2D eigenvalue weighted by Crippen LogP contribution is -2.52. The Labute approximate surface area is 137 Å². The number of ether oxygens (including phenoxy) is 1. The second-order valence-electron chi connectivity index (χ2n) is 7.83. The Morgan fingerprint density at radius 1 is 1.43 bits per heavy atom. The molecule has 0 aliphatic heterocycles. The Morgan fingerprint density at radius 3 is 3.04 bits per heavy atom. The van der Waals surface area contributed by atoms with Crippen LogP contribution in [-0.4, -0.2) is 18.2 Å². The molecule has 4 heteroatoms. The van der Waals surface area contributed by atoms with Crippen molar-refractivity contribution in [3.8, 4) is 0 Å². The number of hydrogen-bond acceptors (Lipinski definition) is 4. The van der Waals surface area contributed by atoms with Crippen molar-refractivity contribution in [3.63, 3.8) is 0 Å². The van der Waals surface area contributed by atoms with Crippen molar-refractivity contribution in [2.24, 2.45) is 16.7 Å². The summed E-state index contributed by atoms with van der Waals surface area (Å²) >= 11 is 0. The fourth-order valence-corrected chi connectivity index (χ4v) is 5.83. The minimum absolute atomic E-state index is 0.00479. The molecule has 3 aliphatic carbocycles. The zero-order valence-corrected chi connectivity index (χ0v) is 14.2. The Morgan fingerprint density at radius 2 is 2.26 bits per heavy atom. The third kappa shape index (κ3) is 1.84. The molecular weight excluding hydrogens is 290 g/mol. The van der Waals surface area contributed by atoms with E-state index in [1.54, 1.807) is 0 Å². The van der Waals surface area contributed by atoms with Gasteiger partial charge in [-0.1, -0.05) is 30.7 Å². The molecule has 1 aromatic heterocycles. The van der Waals surface area contributed by atoms with Crippen molar-refractivity contribution >= 4 is 5.97 Å². The first-order valence-corrected chi connectivity index (χ1v) is 8.76. The lowest BCUT2D eigenvalue weighted by molar-refractivity contribution is -0.155. The molecule has 4 atom stereocenters. The van der Waals surface area contributed by atoms with Crippen molar-refractivity contribution in [2.45, 2.75) is 58.3 Å². The average molecular weight is 315 g/mol. The topological polar surface area (TPSA) is 52.3 Å². The van der Waals surface area contributed by atoms with Crippen LogP contribution >= 0.6 is 0 Å². The smallest absolute Gasteiger partial charge is 0.315 e. The molecular formula is C19H25NO3. The number of hydrogen-bond donors (Lipinski definition) is 0. The van der Waals surface area contributed by atoms with Crippen LogP contribution in [0.25, 0.3) is 0 Å². The highest BCUT2D eigenvalue weighted by Gasteiger charge is 2.59. The number of carbonyl (C=O) groups is 1. The van der Waals surface area contributed by atoms with E-state index in [1.807, 2.05) is 6.20 Å². The number of esters is 1. The van der Waals surface area contributed by atoms with Gasteiger partial charge in [-0.2, -0.15) is 0 Å². The van der Waals surface area contributed by atoms with Gasteiger partial charge in [0.25, 0.3) is 0 Å². The Balaban J connectivity index is 1.85. The number of allylic oxidation sites excluding steroid dienone is 1. The highest BCUT2D eigenvalue weighted by molar-refractivity contribution is 5.81. The molecule has 0 spiro atoms. The largest absolute Gasteiger partial charge is 0.468 e. The molecule has 0 aromatic carbocycles. The van der Waals surface area contributed by atoms with Crippen molar-refractivity contribution < 1.29 is 14.1 Å². The van der Waals surface area contributed by atoms with Gasteiger partial charge in [-0.05, 0) is 49.9 Å². The molecule has 1 heterocycles. The average Bonchev–Trinajstić information content (AvgIpc) is 3.02. The van der Waals surface area contributed by atoms with Gasteiger partial charge in [-0.25, -0.2) is 0 Å². The van der Waals surface area contributed by atoms with Gasteiger partial charge in [0.15, 0.2) is 0 Å². The van der Waals surface area contributed by atoms with Gasteiger partial charge in [0.2, 0.25) is 0 Å². The zero-order chi connectivity index (χ0) is 16.2. The third-order valence-corrected chi connectivity index (χ3v) is 6.81. The maximum Gasteiger partial charge on any atom is 0.315 e. The summed E-state index contributed by atoms with van der Waals surface area (Å²) in [4.78, 5) is 12.7. The van der Waals surface area contributed by atoms with Crippen molar-refractivity contribution in [2.75, 3.05) is 7.11 Å². The van der Waals surface area contributed by atoms with Crippen LogP contribution in [0.2, 0.25) is 0 Å². The summed E-state index contributed by atoms with van der Waals surface area (Å²) in [6, 6.07) is 0. The maximum atomic E-state index is 12.7. The lowest BCUT2D eigenvalue weighted by Gasteiger charge is -2.56. The van der Waals surface area contributed by atoms with E-state index in [0.29, 0.717) is 11.8 Å². The van der Waals surface area contributed by atoms with Gasteiger partial charge in [-0.15, -0.1) is 0 Å². The Hall–Kier alpha value is -1.58. The molecule has 0 bridgehead atoms. The summed E-state index contributed by atoms with van der Waals surface area (Å²) in [5.41, 5.74) is 2.15. The minimum atomic E-state index is -0.396. The summed E-state index contributed by atoms with van der Waals surface area (Å²) < 4.78 is 10.8. The second-order valence-corrected chi connectivity index (χ2v) is 7.83. The molecule has 124 valence electrons. The molecule has 0 radical (unpaired) electrons. The molecule has 1 saturated carbocycles. The van der Waals surface area contributed by atoms with Crippen LogP contribution in [0.5, 0.6) is 0 Å². The molecule has 4 nitrogen and oxygen atoms in total. The SMILES string of the molecule is COC(=O)[C@]12CCCC=C1C1(C)Cc3cnoc3[C@H](C)C1CC2. The predicted molar refractivity (Wildman–Crippen MR) is 85.8 cm³/mol. The number of nitrogens with zero attached hydrogens (tertiary/aromatic N) is 1. The first-order valence-electron chi connectivity index (χ1n) is 8.76. The van der Waals surface area contributed by atoms with Crippen LogP contribution in [-0.2, 0) is 16.0 Å². The zero-order valence-electron chi connectivity index (χ0n) is 14.2. The van der Waals surface area contributed by atoms with E-state index in [-0.39, 0.29) is 11.4 Å². The summed E-state index contributed by atoms with van der Waals surface area (Å²) in [6.45, 7) is 4.60. The summed E-state index contributed by atoms with van der Waals surface area (Å²) in [5, 5.41) is 4.03. The number of carbonyl (C=O) groups excluding carboxylic acids is 1. The molecule has 0 N–H and O–H groups in total. The van der Waals surface area contributed by atoms with Crippen molar-refractivity contribution in [1.82, 2.24) is 5.16 Å². The van der Waals surface area contributed by atoms with Gasteiger partial charge in [0, 0.05) is 11.5 Å². The highest BCUT2D eigenvalue weighted by atomic mass is 16.5. The van der Waals surface area contributed by atoms with E-state index in [9.17, 15) is 4.79 Å². The first-order chi connectivity index (χ1) is 11.0. The number of fused-ring (bicyclic) bond motifs is 4. The minimum Gasteiger partial charge on any atom is -0.468 e. The van der Waals surface area contributed by atoms with E-state index in [0.717, 1.165) is 44.3 Å². The van der Waals surface area contributed by atoms with E-state index in [4.69, 9.17) is 9.26 Å². The Kier molecular flexibility index (Phi) is 3.23. The fraction of sp³-hybridized carbons (Fsp3) is 0.684. The molecule has 1 fully saturated rings. The maximum absolute atomic E-state index is 12.7. The summed E-state index contributed by atoms with van der Waals surface area (Å²) in [6.07, 6.45) is 10.2. The van der Waals surface area contributed by atoms with E-state index in [2.05, 4.69) is 25.1 Å². The van der Waals surface area contributed by atoms with Gasteiger partial charge in [-0.3, -0.25) is 4.79 Å². The van der Waals surface area contributed by atoms with Gasteiger partial charge < -0.3 is 9.26 Å². The van der Waals surface area contributed by atoms with Crippen LogP contribution in [0.3, 0.4) is 0 Å². The van der Waals surface area contributed by atoms with Gasteiger partial charge in [0.05, 0.1) is 18.7 Å². The van der Waals surface area contributed by atoms with Crippen LogP contribution in [0.4, 0.5) is 0 Å². The molecule has 3 aliphatic rings. The van der Waals surface area contributed by atoms with E-state index in [1.165, 1.54) is 18.2 Å². The molecule has 2 unspecified atom stereocenters. The van der Waals surface area contributed by atoms with Crippen molar-refractivity contribution in [3.05, 3.63) is 29.2 Å². The number of rotatable bonds is 1. The molecule has 4 rings (SSSR count). The van der Waals surface area contributed by atoms with Crippen LogP contribution in [0, 0.1) is 16.7 Å². The van der Waals surface area contributed by atoms with Gasteiger partial charge in [0.1, 0.15) is 5.76 Å². The van der Waals surface area contributed by atoms with Gasteiger partial charge >= 0.3 is 5.97 Å².